The van der Waals surface area contributed by atoms with Gasteiger partial charge in [-0.1, -0.05) is 34.6 Å². The lowest BCUT2D eigenvalue weighted by Gasteiger charge is -2.63. The van der Waals surface area contributed by atoms with Crippen molar-refractivity contribution in [3.63, 3.8) is 0 Å². The topological polar surface area (TPSA) is 47.9 Å². The molecule has 190 valence electrons. The quantitative estimate of drug-likeness (QED) is 0.459. The highest BCUT2D eigenvalue weighted by Gasteiger charge is 2.68. The highest BCUT2D eigenvalue weighted by Crippen LogP contribution is 2.68. The first-order valence-corrected chi connectivity index (χ1v) is 16.7. The molecule has 0 amide bonds. The van der Waals surface area contributed by atoms with Gasteiger partial charge in [0.2, 0.25) is 0 Å². The molecule has 8 unspecified atom stereocenters. The van der Waals surface area contributed by atoms with Crippen molar-refractivity contribution in [3.05, 3.63) is 0 Å². The highest BCUT2D eigenvalue weighted by molar-refractivity contribution is 6.74. The van der Waals surface area contributed by atoms with Crippen LogP contribution >= 0.6 is 0 Å². The van der Waals surface area contributed by atoms with Crippen molar-refractivity contribution in [1.29, 1.82) is 0 Å². The first-order valence-electron chi connectivity index (χ1n) is 13.8. The van der Waals surface area contributed by atoms with Crippen LogP contribution in [0.25, 0.3) is 0 Å². The summed E-state index contributed by atoms with van der Waals surface area (Å²) >= 11 is 0. The fourth-order valence-corrected chi connectivity index (χ4v) is 10.2. The smallest absolute Gasteiger partial charge is 0.192 e. The van der Waals surface area contributed by atoms with Crippen LogP contribution < -0.4 is 0 Å². The summed E-state index contributed by atoms with van der Waals surface area (Å²) in [7, 11) is -1.80. The van der Waals surface area contributed by atoms with E-state index in [2.05, 4.69) is 61.6 Å². The van der Waals surface area contributed by atoms with Gasteiger partial charge in [0.15, 0.2) is 14.1 Å². The molecule has 1 heterocycles. The highest BCUT2D eigenvalue weighted by atomic mass is 28.4. The zero-order chi connectivity index (χ0) is 24.2. The van der Waals surface area contributed by atoms with Crippen molar-refractivity contribution in [1.82, 2.24) is 0 Å². The van der Waals surface area contributed by atoms with Crippen molar-refractivity contribution in [2.24, 2.45) is 34.5 Å². The average Bonchev–Trinajstić information content (AvgIpc) is 3.17. The predicted molar refractivity (Wildman–Crippen MR) is 134 cm³/mol. The summed E-state index contributed by atoms with van der Waals surface area (Å²) in [6.45, 7) is 21.0. The zero-order valence-corrected chi connectivity index (χ0v) is 23.7. The molecule has 1 saturated heterocycles. The summed E-state index contributed by atoms with van der Waals surface area (Å²) in [6, 6.07) is 0. The molecular weight excluding hydrogens is 428 g/mol. The van der Waals surface area contributed by atoms with E-state index >= 15 is 0 Å². The van der Waals surface area contributed by atoms with E-state index < -0.39 is 14.1 Å². The minimum Gasteiger partial charge on any atom is -0.414 e. The van der Waals surface area contributed by atoms with Gasteiger partial charge in [0.25, 0.3) is 0 Å². The van der Waals surface area contributed by atoms with Crippen LogP contribution in [-0.4, -0.2) is 43.6 Å². The van der Waals surface area contributed by atoms with Gasteiger partial charge < -0.3 is 19.0 Å². The fourth-order valence-electron chi connectivity index (χ4n) is 8.82. The van der Waals surface area contributed by atoms with E-state index in [1.54, 1.807) is 0 Å². The van der Waals surface area contributed by atoms with Crippen LogP contribution in [0, 0.1) is 34.5 Å². The van der Waals surface area contributed by atoms with Gasteiger partial charge in [-0.3, -0.25) is 0 Å². The summed E-state index contributed by atoms with van der Waals surface area (Å²) in [4.78, 5) is 0. The summed E-state index contributed by atoms with van der Waals surface area (Å²) in [5.74, 6) is 1.69. The van der Waals surface area contributed by atoms with Gasteiger partial charge in [-0.05, 0) is 111 Å². The van der Waals surface area contributed by atoms with Crippen LogP contribution in [0.4, 0.5) is 0 Å². The second-order valence-corrected chi connectivity index (χ2v) is 19.6. The van der Waals surface area contributed by atoms with Crippen molar-refractivity contribution in [2.75, 3.05) is 0 Å². The minimum absolute atomic E-state index is 0.0493. The maximum absolute atomic E-state index is 10.9. The number of hydrogen-bond donors (Lipinski definition) is 1. The molecule has 1 N–H and O–H groups in total. The Hall–Kier alpha value is 0.0569. The van der Waals surface area contributed by atoms with E-state index in [4.69, 9.17) is 13.9 Å². The number of rotatable bonds is 2. The SMILES string of the molecule is CC1(C)OC2C(O1)C1CC(O[Si](C)(C)C(C)(C)C)CC[C@]1(C)C1CC[C@]3(C)C(O)CCC3C21. The molecule has 5 fully saturated rings. The first-order chi connectivity index (χ1) is 15.1. The zero-order valence-electron chi connectivity index (χ0n) is 22.7. The van der Waals surface area contributed by atoms with E-state index in [9.17, 15) is 5.11 Å². The van der Waals surface area contributed by atoms with Crippen LogP contribution in [0.5, 0.6) is 0 Å². The fraction of sp³-hybridized carbons (Fsp3) is 1.00. The molecule has 5 aliphatic rings. The van der Waals surface area contributed by atoms with E-state index in [-0.39, 0.29) is 34.2 Å². The van der Waals surface area contributed by atoms with Gasteiger partial charge in [-0.15, -0.1) is 0 Å². The molecule has 4 aliphatic carbocycles. The van der Waals surface area contributed by atoms with Crippen LogP contribution in [0.1, 0.15) is 93.4 Å². The maximum atomic E-state index is 10.9. The lowest BCUT2D eigenvalue weighted by atomic mass is 9.43. The molecule has 33 heavy (non-hydrogen) atoms. The Kier molecular flexibility index (Phi) is 5.65. The number of hydrogen-bond acceptors (Lipinski definition) is 4. The largest absolute Gasteiger partial charge is 0.414 e. The van der Waals surface area contributed by atoms with Crippen molar-refractivity contribution in [2.45, 2.75) is 142 Å². The molecule has 5 heteroatoms. The Morgan fingerprint density at radius 3 is 2.09 bits per heavy atom. The molecule has 0 aromatic rings. The summed E-state index contributed by atoms with van der Waals surface area (Å²) in [5.41, 5.74) is 0.325. The molecule has 4 nitrogen and oxygen atoms in total. The third kappa shape index (κ3) is 3.65. The molecule has 1 aliphatic heterocycles. The standard InChI is InChI=1S/C28H50O4Si/c1-25(2,3)33(8,9)32-17-12-14-27(6)19-13-15-28(7)18(10-11-21(28)29)22(19)24-23(20(27)16-17)30-26(4,5)31-24/h17-24,29H,10-16H2,1-9H3/t17?,18?,19?,20?,21?,22?,23?,24?,27-,28+/m1/s1. The van der Waals surface area contributed by atoms with E-state index in [0.29, 0.717) is 29.8 Å². The summed E-state index contributed by atoms with van der Waals surface area (Å²) in [5, 5.41) is 11.2. The molecule has 0 spiro atoms. The molecule has 0 radical (unpaired) electrons. The minimum atomic E-state index is -1.80. The number of aliphatic hydroxyl groups is 1. The first kappa shape index (κ1) is 24.7. The summed E-state index contributed by atoms with van der Waals surface area (Å²) < 4.78 is 20.5. The second-order valence-electron chi connectivity index (χ2n) is 14.9. The van der Waals surface area contributed by atoms with Crippen LogP contribution in [0.3, 0.4) is 0 Å². The monoisotopic (exact) mass is 478 g/mol. The van der Waals surface area contributed by atoms with E-state index in [1.165, 1.54) is 19.3 Å². The second kappa shape index (κ2) is 7.54. The average molecular weight is 479 g/mol. The molecular formula is C28H50O4Si. The van der Waals surface area contributed by atoms with Gasteiger partial charge in [-0.25, -0.2) is 0 Å². The third-order valence-electron chi connectivity index (χ3n) is 11.7. The van der Waals surface area contributed by atoms with Crippen LogP contribution in [-0.2, 0) is 13.9 Å². The molecule has 0 bridgehead atoms. The van der Waals surface area contributed by atoms with Gasteiger partial charge >= 0.3 is 0 Å². The van der Waals surface area contributed by atoms with Crippen molar-refractivity contribution < 1.29 is 19.0 Å². The van der Waals surface area contributed by atoms with Crippen molar-refractivity contribution in [3.8, 4) is 0 Å². The Bertz CT molecular complexity index is 774. The van der Waals surface area contributed by atoms with Gasteiger partial charge in [0.05, 0.1) is 18.3 Å². The summed E-state index contributed by atoms with van der Waals surface area (Å²) in [6.07, 6.45) is 8.49. The molecule has 10 atom stereocenters. The van der Waals surface area contributed by atoms with Crippen LogP contribution in [0.2, 0.25) is 18.1 Å². The third-order valence-corrected chi connectivity index (χ3v) is 16.2. The van der Waals surface area contributed by atoms with E-state index in [1.807, 2.05) is 0 Å². The van der Waals surface area contributed by atoms with Gasteiger partial charge in [-0.2, -0.15) is 0 Å². The Morgan fingerprint density at radius 2 is 1.42 bits per heavy atom. The Balaban J connectivity index is 1.47. The van der Waals surface area contributed by atoms with E-state index in [0.717, 1.165) is 25.7 Å². The number of aliphatic hydroxyl groups excluding tert-OH is 1. The van der Waals surface area contributed by atoms with Gasteiger partial charge in [0.1, 0.15) is 0 Å². The molecule has 0 aromatic heterocycles. The number of fused-ring (bicyclic) bond motifs is 8. The Labute approximate surface area is 203 Å². The molecule has 5 rings (SSSR count). The molecule has 4 saturated carbocycles. The predicted octanol–water partition coefficient (Wildman–Crippen LogP) is 6.52. The lowest BCUT2D eigenvalue weighted by Crippen LogP contribution is -2.64. The lowest BCUT2D eigenvalue weighted by molar-refractivity contribution is -0.191. The van der Waals surface area contributed by atoms with Gasteiger partial charge in [0, 0.05) is 6.10 Å². The van der Waals surface area contributed by atoms with Crippen molar-refractivity contribution >= 4 is 8.32 Å². The normalized spacial score (nSPS) is 51.5. The number of ether oxygens (including phenoxy) is 2. The van der Waals surface area contributed by atoms with Crippen LogP contribution in [0.15, 0.2) is 0 Å². The maximum Gasteiger partial charge on any atom is 0.192 e. The Morgan fingerprint density at radius 1 is 0.818 bits per heavy atom. The molecule has 0 aromatic carbocycles.